The van der Waals surface area contributed by atoms with Crippen LogP contribution in [0.1, 0.15) is 41.6 Å². The standard InChI is InChI=1S/C18H24N6O3S2/c19-16(25)15-8-4-3-7-14(15)13-29(26,27)22-10-6-2-1-5-9-20-17-23-28-18-21-11-12-24(17)18/h3-4,7-8,11-12,22H,1-2,5-6,9-10,13H2,(H2,19,25)(H,20,23). The number of anilines is 1. The number of benzene rings is 1. The van der Waals surface area contributed by atoms with Crippen molar-refractivity contribution in [1.82, 2.24) is 18.5 Å². The van der Waals surface area contributed by atoms with Crippen LogP contribution in [-0.2, 0) is 15.8 Å². The molecule has 3 aromatic rings. The number of rotatable bonds is 12. The molecule has 0 saturated heterocycles. The lowest BCUT2D eigenvalue weighted by molar-refractivity contribution is 0.0999. The van der Waals surface area contributed by atoms with Crippen LogP contribution in [-0.4, -0.2) is 41.2 Å². The SMILES string of the molecule is NC(=O)c1ccccc1CS(=O)(=O)NCCCCCCNc1nsc2nccn12. The molecular formula is C18H24N6O3S2. The average Bonchev–Trinajstić information content (AvgIpc) is 3.28. The number of sulfonamides is 1. The van der Waals surface area contributed by atoms with E-state index in [9.17, 15) is 13.2 Å². The van der Waals surface area contributed by atoms with E-state index in [1.807, 2.05) is 10.6 Å². The van der Waals surface area contributed by atoms with Gasteiger partial charge in [-0.25, -0.2) is 18.1 Å². The molecule has 156 valence electrons. The monoisotopic (exact) mass is 436 g/mol. The van der Waals surface area contributed by atoms with Crippen LogP contribution in [0.4, 0.5) is 5.95 Å². The molecule has 1 aromatic carbocycles. The molecule has 0 aliphatic rings. The van der Waals surface area contributed by atoms with Gasteiger partial charge in [0.15, 0.2) is 0 Å². The summed E-state index contributed by atoms with van der Waals surface area (Å²) in [5, 5.41) is 3.28. The number of nitrogens with one attached hydrogen (secondary N) is 2. The minimum absolute atomic E-state index is 0.235. The van der Waals surface area contributed by atoms with Crippen LogP contribution in [0, 0.1) is 0 Å². The van der Waals surface area contributed by atoms with Gasteiger partial charge in [-0.15, -0.1) is 0 Å². The predicted octanol–water partition coefficient (Wildman–Crippen LogP) is 1.98. The van der Waals surface area contributed by atoms with Crippen molar-refractivity contribution in [2.24, 2.45) is 5.73 Å². The second-order valence-electron chi connectivity index (χ2n) is 6.60. The van der Waals surface area contributed by atoms with Crippen molar-refractivity contribution in [2.75, 3.05) is 18.4 Å². The van der Waals surface area contributed by atoms with Gasteiger partial charge in [0.1, 0.15) is 0 Å². The average molecular weight is 437 g/mol. The normalized spacial score (nSPS) is 11.7. The molecule has 0 bridgehead atoms. The smallest absolute Gasteiger partial charge is 0.249 e. The van der Waals surface area contributed by atoms with Crippen molar-refractivity contribution in [3.8, 4) is 0 Å². The highest BCUT2D eigenvalue weighted by Gasteiger charge is 2.15. The summed E-state index contributed by atoms with van der Waals surface area (Å²) in [5.41, 5.74) is 5.94. The van der Waals surface area contributed by atoms with E-state index in [0.717, 1.165) is 43.1 Å². The summed E-state index contributed by atoms with van der Waals surface area (Å²) in [6, 6.07) is 6.48. The number of imidazole rings is 1. The Bertz CT molecular complexity index is 1060. The predicted molar refractivity (Wildman–Crippen MR) is 113 cm³/mol. The van der Waals surface area contributed by atoms with Gasteiger partial charge in [-0.2, -0.15) is 4.37 Å². The lowest BCUT2D eigenvalue weighted by Gasteiger charge is -2.09. The third kappa shape index (κ3) is 5.99. The van der Waals surface area contributed by atoms with Crippen molar-refractivity contribution >= 4 is 38.4 Å². The van der Waals surface area contributed by atoms with Gasteiger partial charge in [0.05, 0.1) is 5.75 Å². The van der Waals surface area contributed by atoms with Gasteiger partial charge >= 0.3 is 0 Å². The van der Waals surface area contributed by atoms with Gasteiger partial charge in [-0.1, -0.05) is 31.0 Å². The number of carbonyl (C=O) groups excluding carboxylic acids is 1. The largest absolute Gasteiger partial charge is 0.366 e. The third-order valence-electron chi connectivity index (χ3n) is 4.39. The van der Waals surface area contributed by atoms with Crippen LogP contribution in [0.15, 0.2) is 36.7 Å². The van der Waals surface area contributed by atoms with Gasteiger partial charge in [0, 0.05) is 42.6 Å². The van der Waals surface area contributed by atoms with Crippen LogP contribution < -0.4 is 15.8 Å². The van der Waals surface area contributed by atoms with Crippen LogP contribution in [0.3, 0.4) is 0 Å². The Kier molecular flexibility index (Phi) is 7.18. The van der Waals surface area contributed by atoms with Crippen LogP contribution in [0.25, 0.3) is 4.96 Å². The molecule has 0 unspecified atom stereocenters. The van der Waals surface area contributed by atoms with Crippen LogP contribution in [0.5, 0.6) is 0 Å². The van der Waals surface area contributed by atoms with Crippen molar-refractivity contribution in [1.29, 1.82) is 0 Å². The highest BCUT2D eigenvalue weighted by molar-refractivity contribution is 7.88. The highest BCUT2D eigenvalue weighted by Crippen LogP contribution is 2.14. The first-order valence-electron chi connectivity index (χ1n) is 9.34. The molecule has 11 heteroatoms. The number of hydrogen-bond donors (Lipinski definition) is 3. The first-order valence-corrected chi connectivity index (χ1v) is 11.8. The summed E-state index contributed by atoms with van der Waals surface area (Å²) >= 11 is 1.35. The summed E-state index contributed by atoms with van der Waals surface area (Å²) in [5.74, 6) is -0.0887. The number of fused-ring (bicyclic) bond motifs is 1. The summed E-state index contributed by atoms with van der Waals surface area (Å²) in [6.45, 7) is 1.17. The number of unbranched alkanes of at least 4 members (excludes halogenated alkanes) is 3. The van der Waals surface area contributed by atoms with E-state index in [4.69, 9.17) is 5.73 Å². The van der Waals surface area contributed by atoms with Gasteiger partial charge in [0.25, 0.3) is 0 Å². The second-order valence-corrected chi connectivity index (χ2v) is 9.14. The molecule has 0 saturated carbocycles. The number of amides is 1. The molecule has 2 aromatic heterocycles. The Morgan fingerprint density at radius 3 is 2.69 bits per heavy atom. The van der Waals surface area contributed by atoms with E-state index < -0.39 is 15.9 Å². The zero-order valence-corrected chi connectivity index (χ0v) is 17.5. The molecule has 1 amide bonds. The number of nitrogens with two attached hydrogens (primary N) is 1. The Labute approximate surface area is 173 Å². The minimum atomic E-state index is -3.52. The number of hydrogen-bond acceptors (Lipinski definition) is 7. The van der Waals surface area contributed by atoms with E-state index in [2.05, 4.69) is 19.4 Å². The van der Waals surface area contributed by atoms with Gasteiger partial charge in [-0.05, 0) is 24.5 Å². The molecule has 2 heterocycles. The zero-order valence-electron chi connectivity index (χ0n) is 15.9. The molecule has 0 radical (unpaired) electrons. The number of aromatic nitrogens is 3. The Morgan fingerprint density at radius 2 is 1.90 bits per heavy atom. The third-order valence-corrected chi connectivity index (χ3v) is 6.45. The quantitative estimate of drug-likeness (QED) is 0.372. The summed E-state index contributed by atoms with van der Waals surface area (Å²) in [4.78, 5) is 16.4. The van der Waals surface area contributed by atoms with E-state index in [1.165, 1.54) is 17.6 Å². The van der Waals surface area contributed by atoms with Crippen molar-refractivity contribution in [3.05, 3.63) is 47.8 Å². The minimum Gasteiger partial charge on any atom is -0.366 e. The summed E-state index contributed by atoms with van der Waals surface area (Å²) in [6.07, 6.45) is 7.23. The van der Waals surface area contributed by atoms with E-state index in [0.29, 0.717) is 12.1 Å². The summed E-state index contributed by atoms with van der Waals surface area (Å²) in [7, 11) is -3.52. The molecule has 0 atom stereocenters. The molecule has 29 heavy (non-hydrogen) atoms. The number of nitrogens with zero attached hydrogens (tertiary/aromatic N) is 3. The Morgan fingerprint density at radius 1 is 1.14 bits per heavy atom. The fraction of sp³-hybridized carbons (Fsp3) is 0.389. The maximum atomic E-state index is 12.2. The second kappa shape index (κ2) is 9.81. The number of primary amides is 1. The fourth-order valence-corrected chi connectivity index (χ4v) is 4.82. The lowest BCUT2D eigenvalue weighted by atomic mass is 10.1. The zero-order chi connectivity index (χ0) is 20.7. The topological polar surface area (TPSA) is 131 Å². The molecule has 0 fully saturated rings. The van der Waals surface area contributed by atoms with Crippen molar-refractivity contribution in [2.45, 2.75) is 31.4 Å². The molecule has 0 aliphatic carbocycles. The van der Waals surface area contributed by atoms with Gasteiger partial charge in [0.2, 0.25) is 26.8 Å². The van der Waals surface area contributed by atoms with Crippen molar-refractivity contribution < 1.29 is 13.2 Å². The van der Waals surface area contributed by atoms with Gasteiger partial charge in [-0.3, -0.25) is 9.20 Å². The lowest BCUT2D eigenvalue weighted by Crippen LogP contribution is -2.27. The van der Waals surface area contributed by atoms with Crippen LogP contribution >= 0.6 is 11.5 Å². The molecule has 4 N–H and O–H groups in total. The molecule has 0 aliphatic heterocycles. The van der Waals surface area contributed by atoms with E-state index >= 15 is 0 Å². The molecule has 0 spiro atoms. The number of carbonyl (C=O) groups is 1. The Hall–Kier alpha value is -2.50. The van der Waals surface area contributed by atoms with E-state index in [-0.39, 0.29) is 11.3 Å². The maximum Gasteiger partial charge on any atom is 0.249 e. The van der Waals surface area contributed by atoms with Crippen molar-refractivity contribution in [3.63, 3.8) is 0 Å². The van der Waals surface area contributed by atoms with Gasteiger partial charge < -0.3 is 11.1 Å². The maximum absolute atomic E-state index is 12.2. The molecule has 3 rings (SSSR count). The highest BCUT2D eigenvalue weighted by atomic mass is 32.2. The first-order chi connectivity index (χ1) is 14.0. The molecular weight excluding hydrogens is 412 g/mol. The van der Waals surface area contributed by atoms with E-state index in [1.54, 1.807) is 24.4 Å². The Balaban J connectivity index is 1.32. The summed E-state index contributed by atoms with van der Waals surface area (Å²) < 4.78 is 33.3. The molecule has 9 nitrogen and oxygen atoms in total. The first kappa shape index (κ1) is 21.2. The fourth-order valence-electron chi connectivity index (χ4n) is 2.94. The van der Waals surface area contributed by atoms with Crippen LogP contribution in [0.2, 0.25) is 0 Å².